The van der Waals surface area contributed by atoms with E-state index in [0.29, 0.717) is 28.8 Å². The lowest BCUT2D eigenvalue weighted by Gasteiger charge is -2.27. The molecule has 0 radical (unpaired) electrons. The first-order valence-electron chi connectivity index (χ1n) is 8.86. The van der Waals surface area contributed by atoms with Gasteiger partial charge in [-0.15, -0.1) is 0 Å². The molecule has 2 amide bonds. The highest BCUT2D eigenvalue weighted by Crippen LogP contribution is 2.61. The van der Waals surface area contributed by atoms with Crippen molar-refractivity contribution in [2.45, 2.75) is 18.3 Å². The zero-order valence-electron chi connectivity index (χ0n) is 14.4. The number of hydrogen-bond donors (Lipinski definition) is 2. The van der Waals surface area contributed by atoms with Crippen LogP contribution >= 0.6 is 11.6 Å². The Balaban J connectivity index is 1.36. The first-order valence-corrected chi connectivity index (χ1v) is 9.23. The number of hydrogen-bond acceptors (Lipinski definition) is 4. The second-order valence-electron chi connectivity index (χ2n) is 7.19. The lowest BCUT2D eigenvalue weighted by Crippen LogP contribution is -2.27. The molecule has 1 spiro atoms. The number of halogens is 1. The summed E-state index contributed by atoms with van der Waals surface area (Å²) in [5.74, 6) is 1.05. The molecular weight excluding hydrogens is 368 g/mol. The minimum atomic E-state index is -0.206. The van der Waals surface area contributed by atoms with Gasteiger partial charge < -0.3 is 20.1 Å². The van der Waals surface area contributed by atoms with E-state index in [0.717, 1.165) is 24.2 Å². The summed E-state index contributed by atoms with van der Waals surface area (Å²) < 4.78 is 11.1. The summed E-state index contributed by atoms with van der Waals surface area (Å²) >= 11 is 6.17. The highest BCUT2D eigenvalue weighted by atomic mass is 35.5. The van der Waals surface area contributed by atoms with Gasteiger partial charge in [0.2, 0.25) is 5.91 Å². The van der Waals surface area contributed by atoms with Gasteiger partial charge in [-0.25, -0.2) is 0 Å². The number of amides is 2. The molecule has 6 nitrogen and oxygen atoms in total. The van der Waals surface area contributed by atoms with Crippen LogP contribution in [0.4, 0.5) is 11.4 Å². The summed E-state index contributed by atoms with van der Waals surface area (Å²) in [6.45, 7) is 0.605. The van der Waals surface area contributed by atoms with Crippen LogP contribution in [0.1, 0.15) is 18.4 Å². The van der Waals surface area contributed by atoms with Crippen LogP contribution in [0.3, 0.4) is 0 Å². The van der Waals surface area contributed by atoms with E-state index >= 15 is 0 Å². The molecule has 27 heavy (non-hydrogen) atoms. The quantitative estimate of drug-likeness (QED) is 0.832. The van der Waals surface area contributed by atoms with Gasteiger partial charge in [-0.2, -0.15) is 0 Å². The van der Waals surface area contributed by atoms with Crippen molar-refractivity contribution in [2.75, 3.05) is 23.8 Å². The highest BCUT2D eigenvalue weighted by Gasteiger charge is 2.61. The largest absolute Gasteiger partial charge is 0.493 e. The third kappa shape index (κ3) is 2.72. The summed E-state index contributed by atoms with van der Waals surface area (Å²) in [5.41, 5.74) is 2.02. The van der Waals surface area contributed by atoms with E-state index < -0.39 is 0 Å². The fraction of sp³-hybridized carbons (Fsp3) is 0.300. The lowest BCUT2D eigenvalue weighted by molar-refractivity contribution is -0.119. The Morgan fingerprint density at radius 1 is 1.19 bits per heavy atom. The van der Waals surface area contributed by atoms with Crippen molar-refractivity contribution in [2.24, 2.45) is 5.92 Å². The molecule has 0 bridgehead atoms. The predicted molar refractivity (Wildman–Crippen MR) is 101 cm³/mol. The molecule has 138 valence electrons. The number of carbonyl (C=O) groups is 2. The third-order valence-electron chi connectivity index (χ3n) is 5.56. The average molecular weight is 385 g/mol. The maximum atomic E-state index is 12.9. The molecule has 0 saturated heterocycles. The van der Waals surface area contributed by atoms with E-state index in [1.807, 2.05) is 12.1 Å². The van der Waals surface area contributed by atoms with Crippen molar-refractivity contribution < 1.29 is 19.1 Å². The average Bonchev–Trinajstić information content (AvgIpc) is 3.37. The summed E-state index contributed by atoms with van der Waals surface area (Å²) in [7, 11) is 0. The molecule has 1 fully saturated rings. The van der Waals surface area contributed by atoms with Gasteiger partial charge in [0.1, 0.15) is 11.5 Å². The molecule has 2 N–H and O–H groups in total. The number of fused-ring (bicyclic) bond motifs is 3. The third-order valence-corrected chi connectivity index (χ3v) is 5.79. The zero-order valence-corrected chi connectivity index (χ0v) is 15.1. The SMILES string of the molecule is O=C1COc2ccc(NC(=O)[C@@H]3C[C@]34CCOc3ccc(Cl)cc34)cc2N1. The Kier molecular flexibility index (Phi) is 3.59. The van der Waals surface area contributed by atoms with Crippen molar-refractivity contribution in [3.8, 4) is 11.5 Å². The molecule has 0 aromatic heterocycles. The van der Waals surface area contributed by atoms with Crippen molar-refractivity contribution in [1.82, 2.24) is 0 Å². The first kappa shape index (κ1) is 16.4. The molecule has 2 heterocycles. The van der Waals surface area contributed by atoms with E-state index in [-0.39, 0.29) is 29.8 Å². The van der Waals surface area contributed by atoms with Crippen molar-refractivity contribution in [3.63, 3.8) is 0 Å². The normalized spacial score (nSPS) is 24.8. The van der Waals surface area contributed by atoms with Gasteiger partial charge in [0.05, 0.1) is 12.3 Å². The number of rotatable bonds is 2. The molecule has 0 unspecified atom stereocenters. The highest BCUT2D eigenvalue weighted by molar-refractivity contribution is 6.30. The second-order valence-corrected chi connectivity index (χ2v) is 7.63. The predicted octanol–water partition coefficient (Wildman–Crippen LogP) is 3.35. The number of anilines is 2. The van der Waals surface area contributed by atoms with Gasteiger partial charge in [-0.3, -0.25) is 9.59 Å². The second kappa shape index (κ2) is 5.89. The Bertz CT molecular complexity index is 976. The van der Waals surface area contributed by atoms with E-state index in [2.05, 4.69) is 10.6 Å². The van der Waals surface area contributed by atoms with Crippen LogP contribution in [-0.2, 0) is 15.0 Å². The smallest absolute Gasteiger partial charge is 0.262 e. The fourth-order valence-electron chi connectivity index (χ4n) is 4.11. The summed E-state index contributed by atoms with van der Waals surface area (Å²) in [6.07, 6.45) is 1.58. The van der Waals surface area contributed by atoms with E-state index in [9.17, 15) is 9.59 Å². The van der Waals surface area contributed by atoms with Crippen molar-refractivity contribution >= 4 is 34.8 Å². The van der Waals surface area contributed by atoms with Crippen LogP contribution in [0.25, 0.3) is 0 Å². The van der Waals surface area contributed by atoms with Gasteiger partial charge in [0.15, 0.2) is 6.61 Å². The molecule has 1 aliphatic carbocycles. The maximum Gasteiger partial charge on any atom is 0.262 e. The molecule has 1 saturated carbocycles. The molecule has 2 atom stereocenters. The number of ether oxygens (including phenoxy) is 2. The van der Waals surface area contributed by atoms with Gasteiger partial charge in [0.25, 0.3) is 5.91 Å². The van der Waals surface area contributed by atoms with Crippen molar-refractivity contribution in [1.29, 1.82) is 0 Å². The number of nitrogens with one attached hydrogen (secondary N) is 2. The van der Waals surface area contributed by atoms with Gasteiger partial charge in [0, 0.05) is 27.6 Å². The van der Waals surface area contributed by atoms with Crippen LogP contribution in [0.2, 0.25) is 5.02 Å². The van der Waals surface area contributed by atoms with Gasteiger partial charge in [-0.05, 0) is 49.2 Å². The monoisotopic (exact) mass is 384 g/mol. The topological polar surface area (TPSA) is 76.7 Å². The van der Waals surface area contributed by atoms with Crippen LogP contribution < -0.4 is 20.1 Å². The van der Waals surface area contributed by atoms with Crippen molar-refractivity contribution in [3.05, 3.63) is 47.0 Å². The summed E-state index contributed by atoms with van der Waals surface area (Å²) in [4.78, 5) is 24.3. The minimum absolute atomic E-state index is 0.00728. The van der Waals surface area contributed by atoms with E-state index in [1.54, 1.807) is 24.3 Å². The van der Waals surface area contributed by atoms with Crippen LogP contribution in [0.15, 0.2) is 36.4 Å². The Labute approximate surface area is 160 Å². The minimum Gasteiger partial charge on any atom is -0.493 e. The van der Waals surface area contributed by atoms with Crippen LogP contribution in [0, 0.1) is 5.92 Å². The van der Waals surface area contributed by atoms with Crippen LogP contribution in [0.5, 0.6) is 11.5 Å². The molecule has 2 aromatic rings. The van der Waals surface area contributed by atoms with E-state index in [1.165, 1.54) is 0 Å². The molecular formula is C20H17ClN2O4. The molecule has 7 heteroatoms. The Morgan fingerprint density at radius 3 is 2.93 bits per heavy atom. The number of benzene rings is 2. The summed E-state index contributed by atoms with van der Waals surface area (Å²) in [6, 6.07) is 10.8. The molecule has 5 rings (SSSR count). The zero-order chi connectivity index (χ0) is 18.6. The molecule has 3 aliphatic rings. The van der Waals surface area contributed by atoms with Crippen LogP contribution in [-0.4, -0.2) is 25.0 Å². The van der Waals surface area contributed by atoms with Gasteiger partial charge >= 0.3 is 0 Å². The standard InChI is InChI=1S/C20H17ClN2O4/c21-11-1-3-16-13(7-11)20(5-6-26-16)9-14(20)19(25)22-12-2-4-17-15(8-12)23-18(24)10-27-17/h1-4,7-8,14H,5-6,9-10H2,(H,22,25)(H,23,24)/t14-,20-/m0/s1. The molecule has 2 aliphatic heterocycles. The maximum absolute atomic E-state index is 12.9. The fourth-order valence-corrected chi connectivity index (χ4v) is 4.28. The van der Waals surface area contributed by atoms with E-state index in [4.69, 9.17) is 21.1 Å². The number of carbonyl (C=O) groups excluding carboxylic acids is 2. The Hall–Kier alpha value is -2.73. The summed E-state index contributed by atoms with van der Waals surface area (Å²) in [5, 5.41) is 6.36. The van der Waals surface area contributed by atoms with Gasteiger partial charge in [-0.1, -0.05) is 11.6 Å². The Morgan fingerprint density at radius 2 is 2.04 bits per heavy atom. The first-order chi connectivity index (χ1) is 13.0. The molecule has 2 aromatic carbocycles. The lowest BCUT2D eigenvalue weighted by atomic mass is 9.87.